The van der Waals surface area contributed by atoms with Crippen molar-refractivity contribution in [2.75, 3.05) is 14.1 Å². The van der Waals surface area contributed by atoms with E-state index in [-0.39, 0.29) is 5.91 Å². The quantitative estimate of drug-likeness (QED) is 0.711. The maximum absolute atomic E-state index is 11.8. The fourth-order valence-corrected chi connectivity index (χ4v) is 2.70. The van der Waals surface area contributed by atoms with E-state index in [1.165, 1.54) is 0 Å². The largest absolute Gasteiger partial charge is 0.349 e. The summed E-state index contributed by atoms with van der Waals surface area (Å²) in [5.41, 5.74) is 5.40. The third-order valence-electron chi connectivity index (χ3n) is 4.26. The summed E-state index contributed by atoms with van der Waals surface area (Å²) in [7, 11) is 3.56. The van der Waals surface area contributed by atoms with Crippen LogP contribution in [0.4, 0.5) is 0 Å². The Kier molecular flexibility index (Phi) is 4.98. The van der Waals surface area contributed by atoms with Crippen LogP contribution in [0.2, 0.25) is 0 Å². The van der Waals surface area contributed by atoms with Crippen molar-refractivity contribution in [3.8, 4) is 22.4 Å². The van der Waals surface area contributed by atoms with Gasteiger partial charge in [-0.2, -0.15) is 5.10 Å². The summed E-state index contributed by atoms with van der Waals surface area (Å²) >= 11 is 0. The molecule has 0 saturated heterocycles. The lowest BCUT2D eigenvalue weighted by Crippen LogP contribution is -2.23. The Balaban J connectivity index is 1.82. The molecule has 0 aliphatic rings. The molecule has 0 atom stereocenters. The Bertz CT molecular complexity index is 863. The molecule has 1 aromatic heterocycles. The first-order chi connectivity index (χ1) is 12.1. The summed E-state index contributed by atoms with van der Waals surface area (Å²) in [4.78, 5) is 13.4. The number of hydrogen-bond acceptors (Lipinski definition) is 2. The second-order valence-corrected chi connectivity index (χ2v) is 6.30. The minimum absolute atomic E-state index is 0.112. The fourth-order valence-electron chi connectivity index (χ4n) is 2.70. The number of hydrogen-bond donors (Lipinski definition) is 0. The first kappa shape index (κ1) is 17.0. The number of rotatable bonds is 5. The molecule has 25 heavy (non-hydrogen) atoms. The van der Waals surface area contributed by atoms with Crippen molar-refractivity contribution in [2.24, 2.45) is 0 Å². The van der Waals surface area contributed by atoms with Crippen LogP contribution in [0.5, 0.6) is 0 Å². The molecule has 128 valence electrons. The van der Waals surface area contributed by atoms with Gasteiger partial charge in [-0.3, -0.25) is 9.48 Å². The van der Waals surface area contributed by atoms with E-state index in [0.717, 1.165) is 34.5 Å². The van der Waals surface area contributed by atoms with Crippen LogP contribution in [0, 0.1) is 0 Å². The van der Waals surface area contributed by atoms with E-state index in [2.05, 4.69) is 48.4 Å². The van der Waals surface area contributed by atoms with Gasteiger partial charge >= 0.3 is 0 Å². The Hall–Kier alpha value is -2.88. The number of aryl methyl sites for hydroxylation is 1. The van der Waals surface area contributed by atoms with Crippen molar-refractivity contribution in [3.63, 3.8) is 0 Å². The first-order valence-corrected chi connectivity index (χ1v) is 8.50. The third-order valence-corrected chi connectivity index (χ3v) is 4.26. The predicted octanol–water partition coefficient (Wildman–Crippen LogP) is 3.87. The number of amides is 1. The van der Waals surface area contributed by atoms with Crippen molar-refractivity contribution >= 4 is 5.91 Å². The summed E-state index contributed by atoms with van der Waals surface area (Å²) in [5.74, 6) is 0.112. The van der Waals surface area contributed by atoms with Gasteiger partial charge in [0.2, 0.25) is 5.91 Å². The molecule has 0 aliphatic carbocycles. The van der Waals surface area contributed by atoms with Crippen molar-refractivity contribution in [1.82, 2.24) is 14.7 Å². The fraction of sp³-hybridized carbons (Fsp3) is 0.238. The topological polar surface area (TPSA) is 38.1 Å². The van der Waals surface area contributed by atoms with E-state index >= 15 is 0 Å². The average molecular weight is 333 g/mol. The summed E-state index contributed by atoms with van der Waals surface area (Å²) in [5, 5.41) is 4.57. The van der Waals surface area contributed by atoms with E-state index in [4.69, 9.17) is 0 Å². The van der Waals surface area contributed by atoms with Gasteiger partial charge in [0, 0.05) is 32.4 Å². The Morgan fingerprint density at radius 2 is 1.72 bits per heavy atom. The summed E-state index contributed by atoms with van der Waals surface area (Å²) in [6.07, 6.45) is 2.43. The molecule has 3 rings (SSSR count). The van der Waals surface area contributed by atoms with E-state index in [0.29, 0.717) is 6.42 Å². The molecule has 1 amide bonds. The third kappa shape index (κ3) is 3.97. The molecule has 2 aromatic carbocycles. The van der Waals surface area contributed by atoms with Gasteiger partial charge in [0.25, 0.3) is 0 Å². The van der Waals surface area contributed by atoms with Crippen LogP contribution in [0.15, 0.2) is 60.8 Å². The lowest BCUT2D eigenvalue weighted by molar-refractivity contribution is -0.127. The highest BCUT2D eigenvalue weighted by Gasteiger charge is 2.07. The van der Waals surface area contributed by atoms with Crippen LogP contribution < -0.4 is 0 Å². The maximum atomic E-state index is 11.8. The molecule has 0 radical (unpaired) electrons. The van der Waals surface area contributed by atoms with Crippen molar-refractivity contribution < 1.29 is 4.79 Å². The van der Waals surface area contributed by atoms with Gasteiger partial charge in [-0.1, -0.05) is 42.5 Å². The number of nitrogens with zero attached hydrogens (tertiary/aromatic N) is 3. The molecular formula is C21H23N3O. The Morgan fingerprint density at radius 1 is 1.00 bits per heavy atom. The van der Waals surface area contributed by atoms with Gasteiger partial charge in [0.15, 0.2) is 0 Å². The zero-order valence-corrected chi connectivity index (χ0v) is 14.9. The summed E-state index contributed by atoms with van der Waals surface area (Å²) < 4.78 is 1.93. The summed E-state index contributed by atoms with van der Waals surface area (Å²) in [6.45, 7) is 2.95. The number of aromatic nitrogens is 2. The average Bonchev–Trinajstić information content (AvgIpc) is 3.11. The number of carbonyl (C=O) groups is 1. The number of benzene rings is 2. The normalized spacial score (nSPS) is 10.7. The van der Waals surface area contributed by atoms with E-state index in [1.807, 2.05) is 29.1 Å². The molecule has 3 aromatic rings. The monoisotopic (exact) mass is 333 g/mol. The minimum Gasteiger partial charge on any atom is -0.349 e. The smallest absolute Gasteiger partial charge is 0.226 e. The van der Waals surface area contributed by atoms with Crippen molar-refractivity contribution in [3.05, 3.63) is 66.4 Å². The predicted molar refractivity (Wildman–Crippen MR) is 101 cm³/mol. The van der Waals surface area contributed by atoms with E-state index in [9.17, 15) is 4.79 Å². The zero-order chi connectivity index (χ0) is 17.8. The second kappa shape index (κ2) is 7.34. The highest BCUT2D eigenvalue weighted by Crippen LogP contribution is 2.25. The van der Waals surface area contributed by atoms with E-state index < -0.39 is 0 Å². The molecular weight excluding hydrogens is 310 g/mol. The van der Waals surface area contributed by atoms with Gasteiger partial charge in [0.05, 0.1) is 12.1 Å². The van der Waals surface area contributed by atoms with Gasteiger partial charge < -0.3 is 4.90 Å². The molecule has 0 fully saturated rings. The molecule has 0 aliphatic heterocycles. The zero-order valence-electron chi connectivity index (χ0n) is 14.9. The van der Waals surface area contributed by atoms with Crippen LogP contribution in [-0.2, 0) is 17.8 Å². The molecule has 4 nitrogen and oxygen atoms in total. The lowest BCUT2D eigenvalue weighted by atomic mass is 10.00. The molecule has 1 heterocycles. The van der Waals surface area contributed by atoms with Crippen molar-refractivity contribution in [1.29, 1.82) is 0 Å². The van der Waals surface area contributed by atoms with Crippen molar-refractivity contribution in [2.45, 2.75) is 19.9 Å². The lowest BCUT2D eigenvalue weighted by Gasteiger charge is -2.10. The van der Waals surface area contributed by atoms with Crippen LogP contribution in [0.1, 0.15) is 12.5 Å². The minimum atomic E-state index is 0.112. The summed E-state index contributed by atoms with van der Waals surface area (Å²) in [6, 6.07) is 18.6. The number of carbonyl (C=O) groups excluding carboxylic acids is 1. The van der Waals surface area contributed by atoms with Crippen LogP contribution in [0.25, 0.3) is 22.4 Å². The van der Waals surface area contributed by atoms with Crippen LogP contribution in [0.3, 0.4) is 0 Å². The highest BCUT2D eigenvalue weighted by molar-refractivity contribution is 5.78. The molecule has 0 saturated carbocycles. The SMILES string of the molecule is CCn1ccc(-c2cccc(-c3ccc(CC(=O)N(C)C)cc3)c2)n1. The maximum Gasteiger partial charge on any atom is 0.226 e. The molecule has 0 bridgehead atoms. The van der Waals surface area contributed by atoms with Gasteiger partial charge in [-0.15, -0.1) is 0 Å². The van der Waals surface area contributed by atoms with Gasteiger partial charge in [-0.25, -0.2) is 0 Å². The van der Waals surface area contributed by atoms with Crippen LogP contribution in [-0.4, -0.2) is 34.7 Å². The Labute approximate surface area is 148 Å². The molecule has 4 heteroatoms. The second-order valence-electron chi connectivity index (χ2n) is 6.30. The van der Waals surface area contributed by atoms with Gasteiger partial charge in [-0.05, 0) is 35.7 Å². The van der Waals surface area contributed by atoms with Gasteiger partial charge in [0.1, 0.15) is 0 Å². The first-order valence-electron chi connectivity index (χ1n) is 8.50. The number of likely N-dealkylation sites (N-methyl/N-ethyl adjacent to an activating group) is 1. The molecule has 0 N–H and O–H groups in total. The molecule has 0 spiro atoms. The Morgan fingerprint density at radius 3 is 2.36 bits per heavy atom. The van der Waals surface area contributed by atoms with Crippen LogP contribution >= 0.6 is 0 Å². The molecule has 0 unspecified atom stereocenters. The highest BCUT2D eigenvalue weighted by atomic mass is 16.2. The standard InChI is InChI=1S/C21H23N3O/c1-4-24-13-12-20(22-24)19-7-5-6-18(15-19)17-10-8-16(9-11-17)14-21(25)23(2)3/h5-13,15H,4,14H2,1-3H3. The van der Waals surface area contributed by atoms with E-state index in [1.54, 1.807) is 19.0 Å².